The topological polar surface area (TPSA) is 29.5 Å². The van der Waals surface area contributed by atoms with Crippen molar-refractivity contribution in [2.24, 2.45) is 5.92 Å². The largest absolute Gasteiger partial charge is 0.444 e. The van der Waals surface area contributed by atoms with Crippen molar-refractivity contribution < 1.29 is 9.53 Å². The maximum atomic E-state index is 11.7. The zero-order valence-corrected chi connectivity index (χ0v) is 15.0. The average molecular weight is 330 g/mol. The number of ether oxygens (including phenoxy) is 1. The molecule has 0 aromatic heterocycles. The molecule has 4 atom stereocenters. The normalized spacial score (nSPS) is 36.6. The van der Waals surface area contributed by atoms with Crippen LogP contribution in [-0.2, 0) is 4.74 Å². The molecule has 1 saturated carbocycles. The smallest absolute Gasteiger partial charge is 0.410 e. The van der Waals surface area contributed by atoms with E-state index in [1.807, 2.05) is 37.4 Å². The Morgan fingerprint density at radius 1 is 1.10 bits per heavy atom. The summed E-state index contributed by atoms with van der Waals surface area (Å²) < 4.78 is 5.35. The highest BCUT2D eigenvalue weighted by molar-refractivity contribution is 8.00. The second kappa shape index (κ2) is 6.23. The van der Waals surface area contributed by atoms with Gasteiger partial charge < -0.3 is 9.64 Å². The van der Waals surface area contributed by atoms with E-state index in [1.54, 1.807) is 6.42 Å². The van der Waals surface area contributed by atoms with Crippen LogP contribution in [-0.4, -0.2) is 51.2 Å². The molecule has 3 saturated heterocycles. The molecule has 21 heavy (non-hydrogen) atoms. The van der Waals surface area contributed by atoms with Gasteiger partial charge in [-0.25, -0.2) is 4.79 Å². The molecule has 0 aromatic carbocycles. The van der Waals surface area contributed by atoms with E-state index in [0.717, 1.165) is 29.9 Å². The van der Waals surface area contributed by atoms with Crippen molar-refractivity contribution in [2.75, 3.05) is 18.1 Å². The van der Waals surface area contributed by atoms with E-state index in [2.05, 4.69) is 11.8 Å². The third kappa shape index (κ3) is 4.04. The lowest BCUT2D eigenvalue weighted by molar-refractivity contribution is 0.0239. The molecular formula is C16H27NO2S2. The highest BCUT2D eigenvalue weighted by atomic mass is 32.2. The standard InChI is InChI=1S/C10H17NO2S.C6H10S/c1-10(2,3)13-9(12)11-5-8-4-7(11)6-14-8;1-2-6-3-5(1)4-7-6/h7-8H,4-6H2,1-3H3;5-6H,1-4H2/t7-,8-;5-,6+/m00/s1. The van der Waals surface area contributed by atoms with Crippen LogP contribution in [0.3, 0.4) is 0 Å². The van der Waals surface area contributed by atoms with Crippen molar-refractivity contribution in [1.29, 1.82) is 0 Å². The molecule has 0 radical (unpaired) electrons. The Hall–Kier alpha value is -0.0300. The summed E-state index contributed by atoms with van der Waals surface area (Å²) in [7, 11) is 0. The van der Waals surface area contributed by atoms with Crippen LogP contribution in [0, 0.1) is 5.92 Å². The van der Waals surface area contributed by atoms with E-state index in [4.69, 9.17) is 4.74 Å². The fraction of sp³-hybridized carbons (Fsp3) is 0.938. The molecule has 3 nitrogen and oxygen atoms in total. The fourth-order valence-electron chi connectivity index (χ4n) is 3.55. The molecule has 0 spiro atoms. The van der Waals surface area contributed by atoms with E-state index in [9.17, 15) is 4.79 Å². The molecule has 0 N–H and O–H groups in total. The molecule has 0 aromatic rings. The van der Waals surface area contributed by atoms with Crippen molar-refractivity contribution in [1.82, 2.24) is 4.90 Å². The van der Waals surface area contributed by atoms with Crippen LogP contribution in [0.2, 0.25) is 0 Å². The molecule has 3 heterocycles. The van der Waals surface area contributed by atoms with Gasteiger partial charge in [-0.3, -0.25) is 0 Å². The van der Waals surface area contributed by atoms with E-state index in [0.29, 0.717) is 11.3 Å². The number of rotatable bonds is 0. The Balaban J connectivity index is 0.000000156. The van der Waals surface area contributed by atoms with E-state index in [-0.39, 0.29) is 11.7 Å². The second-order valence-corrected chi connectivity index (χ2v) is 10.3. The van der Waals surface area contributed by atoms with Gasteiger partial charge in [0.05, 0.1) is 0 Å². The fourth-order valence-corrected chi connectivity index (χ4v) is 6.54. The molecule has 4 rings (SSSR count). The number of thioether (sulfide) groups is 2. The first-order chi connectivity index (χ1) is 9.90. The van der Waals surface area contributed by atoms with Crippen molar-refractivity contribution in [3.8, 4) is 0 Å². The number of hydrogen-bond donors (Lipinski definition) is 0. The van der Waals surface area contributed by atoms with Crippen molar-refractivity contribution in [3.05, 3.63) is 0 Å². The molecule has 5 heteroatoms. The van der Waals surface area contributed by atoms with Gasteiger partial charge >= 0.3 is 6.09 Å². The van der Waals surface area contributed by atoms with Gasteiger partial charge in [-0.1, -0.05) is 0 Å². The molecule has 4 aliphatic rings. The molecule has 1 amide bonds. The van der Waals surface area contributed by atoms with Crippen LogP contribution in [0.5, 0.6) is 0 Å². The van der Waals surface area contributed by atoms with Crippen LogP contribution in [0.15, 0.2) is 0 Å². The van der Waals surface area contributed by atoms with Crippen LogP contribution in [0.4, 0.5) is 4.79 Å². The minimum Gasteiger partial charge on any atom is -0.444 e. The quantitative estimate of drug-likeness (QED) is 0.671. The minimum absolute atomic E-state index is 0.134. The minimum atomic E-state index is -0.369. The van der Waals surface area contributed by atoms with Gasteiger partial charge in [-0.15, -0.1) is 0 Å². The van der Waals surface area contributed by atoms with Gasteiger partial charge in [0.2, 0.25) is 0 Å². The lowest BCUT2D eigenvalue weighted by Crippen LogP contribution is -2.42. The summed E-state index contributed by atoms with van der Waals surface area (Å²) in [5.41, 5.74) is -0.369. The average Bonchev–Trinajstić information content (AvgIpc) is 3.18. The second-order valence-electron chi connectivity index (χ2n) is 7.61. The Kier molecular flexibility index (Phi) is 4.70. The van der Waals surface area contributed by atoms with Crippen molar-refractivity contribution in [3.63, 3.8) is 0 Å². The predicted octanol–water partition coefficient (Wildman–Crippen LogP) is 4.01. The van der Waals surface area contributed by atoms with Crippen LogP contribution >= 0.6 is 23.5 Å². The van der Waals surface area contributed by atoms with Gasteiger partial charge in [0, 0.05) is 28.8 Å². The van der Waals surface area contributed by atoms with Crippen LogP contribution in [0.25, 0.3) is 0 Å². The van der Waals surface area contributed by atoms with Crippen LogP contribution < -0.4 is 0 Å². The number of likely N-dealkylation sites (tertiary alicyclic amines) is 1. The predicted molar refractivity (Wildman–Crippen MR) is 91.2 cm³/mol. The molecule has 0 unspecified atom stereocenters. The Morgan fingerprint density at radius 3 is 2.19 bits per heavy atom. The lowest BCUT2D eigenvalue weighted by atomic mass is 10.1. The third-order valence-corrected chi connectivity index (χ3v) is 7.54. The highest BCUT2D eigenvalue weighted by Gasteiger charge is 2.42. The van der Waals surface area contributed by atoms with E-state index >= 15 is 0 Å². The Labute approximate surface area is 136 Å². The molecule has 120 valence electrons. The molecule has 1 aliphatic carbocycles. The van der Waals surface area contributed by atoms with E-state index in [1.165, 1.54) is 18.6 Å². The number of nitrogens with zero attached hydrogens (tertiary/aromatic N) is 1. The summed E-state index contributed by atoms with van der Waals surface area (Å²) in [6.07, 6.45) is 5.63. The summed E-state index contributed by atoms with van der Waals surface area (Å²) in [5.74, 6) is 3.70. The number of amides is 1. The summed E-state index contributed by atoms with van der Waals surface area (Å²) in [6, 6.07) is 0.430. The van der Waals surface area contributed by atoms with Gasteiger partial charge in [-0.05, 0) is 58.1 Å². The van der Waals surface area contributed by atoms with Gasteiger partial charge in [0.15, 0.2) is 0 Å². The monoisotopic (exact) mass is 329 g/mol. The number of carbonyl (C=O) groups excluding carboxylic acids is 1. The number of carbonyl (C=O) groups is 1. The van der Waals surface area contributed by atoms with Gasteiger partial charge in [0.1, 0.15) is 5.60 Å². The maximum absolute atomic E-state index is 11.7. The molecular weight excluding hydrogens is 302 g/mol. The third-order valence-electron chi connectivity index (χ3n) is 4.59. The van der Waals surface area contributed by atoms with E-state index < -0.39 is 0 Å². The summed E-state index contributed by atoms with van der Waals surface area (Å²) in [5, 5.41) is 1.75. The van der Waals surface area contributed by atoms with Gasteiger partial charge in [-0.2, -0.15) is 23.5 Å². The first-order valence-electron chi connectivity index (χ1n) is 8.13. The first kappa shape index (κ1) is 15.9. The molecule has 3 aliphatic heterocycles. The Bertz CT molecular complexity index is 378. The zero-order valence-electron chi connectivity index (χ0n) is 13.3. The zero-order chi connectivity index (χ0) is 15.0. The first-order valence-corrected chi connectivity index (χ1v) is 10.2. The Morgan fingerprint density at radius 2 is 1.86 bits per heavy atom. The SMILES string of the molecule is C1C[C@@H]2C[C@H]1CS2.CC(C)(C)OC(=O)N1C[C@@H]2C[C@H]1CS2. The summed E-state index contributed by atoms with van der Waals surface area (Å²) >= 11 is 4.17. The van der Waals surface area contributed by atoms with Gasteiger partial charge in [0.25, 0.3) is 0 Å². The van der Waals surface area contributed by atoms with Crippen molar-refractivity contribution in [2.45, 2.75) is 68.6 Å². The summed E-state index contributed by atoms with van der Waals surface area (Å²) in [4.78, 5) is 13.6. The molecule has 4 bridgehead atoms. The molecule has 4 fully saturated rings. The number of hydrogen-bond acceptors (Lipinski definition) is 4. The maximum Gasteiger partial charge on any atom is 0.410 e. The number of fused-ring (bicyclic) bond motifs is 4. The highest BCUT2D eigenvalue weighted by Crippen LogP contribution is 2.43. The van der Waals surface area contributed by atoms with Crippen molar-refractivity contribution >= 4 is 29.6 Å². The lowest BCUT2D eigenvalue weighted by Gasteiger charge is -2.29. The summed E-state index contributed by atoms with van der Waals surface area (Å²) in [6.45, 7) is 6.61. The van der Waals surface area contributed by atoms with Crippen LogP contribution in [0.1, 0.15) is 46.5 Å².